The van der Waals surface area contributed by atoms with Crippen LogP contribution in [0.4, 0.5) is 4.39 Å². The first-order valence-corrected chi connectivity index (χ1v) is 4.61. The number of esters is 1. The summed E-state index contributed by atoms with van der Waals surface area (Å²) in [4.78, 5) is 11.4. The van der Waals surface area contributed by atoms with Gasteiger partial charge in [0.25, 0.3) is 0 Å². The minimum Gasteiger partial charge on any atom is -0.475 e. The number of ether oxygens (including phenoxy) is 2. The molecule has 1 heterocycles. The lowest BCUT2D eigenvalue weighted by molar-refractivity contribution is -0.156. The number of methoxy groups -OCH3 is 1. The fourth-order valence-electron chi connectivity index (χ4n) is 1.74. The maximum atomic E-state index is 12.9. The molecule has 80 valence electrons. The van der Waals surface area contributed by atoms with Gasteiger partial charge in [0.2, 0.25) is 5.60 Å². The zero-order valence-corrected chi connectivity index (χ0v) is 8.54. The smallest absolute Gasteiger partial charge is 0.350 e. The molecule has 3 nitrogen and oxygen atoms in total. The van der Waals surface area contributed by atoms with Crippen molar-refractivity contribution in [2.24, 2.45) is 0 Å². The predicted octanol–water partition coefficient (Wildman–Crippen LogP) is 1.69. The highest BCUT2D eigenvalue weighted by Crippen LogP contribution is 2.35. The van der Waals surface area contributed by atoms with Crippen LogP contribution >= 0.6 is 0 Å². The second-order valence-electron chi connectivity index (χ2n) is 3.75. The van der Waals surface area contributed by atoms with Crippen LogP contribution in [0.25, 0.3) is 0 Å². The van der Waals surface area contributed by atoms with Gasteiger partial charge in [-0.2, -0.15) is 0 Å². The Balaban J connectivity index is 2.32. The molecule has 0 bridgehead atoms. The Kier molecular flexibility index (Phi) is 2.14. The summed E-state index contributed by atoms with van der Waals surface area (Å²) in [6, 6.07) is 4.26. The van der Waals surface area contributed by atoms with Gasteiger partial charge in [0, 0.05) is 12.5 Å². The van der Waals surface area contributed by atoms with Gasteiger partial charge >= 0.3 is 5.97 Å². The summed E-state index contributed by atoms with van der Waals surface area (Å²) < 4.78 is 23.0. The summed E-state index contributed by atoms with van der Waals surface area (Å²) in [5, 5.41) is 0. The van der Waals surface area contributed by atoms with Crippen molar-refractivity contribution in [1.82, 2.24) is 0 Å². The fourth-order valence-corrected chi connectivity index (χ4v) is 1.74. The molecule has 0 saturated heterocycles. The van der Waals surface area contributed by atoms with Crippen molar-refractivity contribution in [3.05, 3.63) is 29.6 Å². The lowest BCUT2D eigenvalue weighted by atomic mass is 10.00. The average Bonchev–Trinajstić information content (AvgIpc) is 2.53. The molecule has 15 heavy (non-hydrogen) atoms. The monoisotopic (exact) mass is 210 g/mol. The molecule has 4 heteroatoms. The van der Waals surface area contributed by atoms with Crippen molar-refractivity contribution >= 4 is 5.97 Å². The molecular weight excluding hydrogens is 199 g/mol. The third kappa shape index (κ3) is 1.56. The molecule has 0 fully saturated rings. The molecule has 0 saturated carbocycles. The van der Waals surface area contributed by atoms with E-state index >= 15 is 0 Å². The summed E-state index contributed by atoms with van der Waals surface area (Å²) in [6.45, 7) is 1.64. The van der Waals surface area contributed by atoms with E-state index < -0.39 is 11.6 Å². The molecule has 0 radical (unpaired) electrons. The molecule has 1 aromatic carbocycles. The van der Waals surface area contributed by atoms with Crippen LogP contribution in [0, 0.1) is 5.82 Å². The van der Waals surface area contributed by atoms with E-state index in [1.54, 1.807) is 13.0 Å². The quantitative estimate of drug-likeness (QED) is 0.662. The number of hydrogen-bond donors (Lipinski definition) is 0. The zero-order chi connectivity index (χ0) is 11.1. The van der Waals surface area contributed by atoms with Crippen molar-refractivity contribution in [1.29, 1.82) is 0 Å². The van der Waals surface area contributed by atoms with E-state index in [-0.39, 0.29) is 5.82 Å². The van der Waals surface area contributed by atoms with Gasteiger partial charge in [-0.3, -0.25) is 0 Å². The Morgan fingerprint density at radius 1 is 1.60 bits per heavy atom. The average molecular weight is 210 g/mol. The molecule has 1 aliphatic rings. The molecule has 1 aromatic rings. The van der Waals surface area contributed by atoms with Crippen LogP contribution in [0.2, 0.25) is 0 Å². The number of halogens is 1. The summed E-state index contributed by atoms with van der Waals surface area (Å²) in [5.74, 6) is -0.398. The van der Waals surface area contributed by atoms with Crippen LogP contribution in [0.5, 0.6) is 5.75 Å². The first-order chi connectivity index (χ1) is 7.05. The molecule has 0 aromatic heterocycles. The highest BCUT2D eigenvalue weighted by atomic mass is 19.1. The van der Waals surface area contributed by atoms with E-state index in [2.05, 4.69) is 4.74 Å². The first-order valence-electron chi connectivity index (χ1n) is 4.61. The number of hydrogen-bond acceptors (Lipinski definition) is 3. The summed E-state index contributed by atoms with van der Waals surface area (Å²) in [5.41, 5.74) is -0.200. The molecule has 2 rings (SSSR count). The number of carbonyl (C=O) groups excluding carboxylic acids is 1. The van der Waals surface area contributed by atoms with Crippen LogP contribution < -0.4 is 4.74 Å². The lowest BCUT2D eigenvalue weighted by Gasteiger charge is -2.20. The SMILES string of the molecule is COC(=O)C1(C)Cc2ccc(F)cc2O1. The van der Waals surface area contributed by atoms with Gasteiger partial charge < -0.3 is 9.47 Å². The van der Waals surface area contributed by atoms with E-state index in [9.17, 15) is 9.18 Å². The van der Waals surface area contributed by atoms with Crippen molar-refractivity contribution < 1.29 is 18.7 Å². The maximum absolute atomic E-state index is 12.9. The zero-order valence-electron chi connectivity index (χ0n) is 8.54. The highest BCUT2D eigenvalue weighted by Gasteiger charge is 2.43. The molecule has 1 atom stereocenters. The van der Waals surface area contributed by atoms with Crippen molar-refractivity contribution in [3.63, 3.8) is 0 Å². The normalized spacial score (nSPS) is 23.1. The lowest BCUT2D eigenvalue weighted by Crippen LogP contribution is -2.40. The third-order valence-electron chi connectivity index (χ3n) is 2.51. The molecule has 0 amide bonds. The summed E-state index contributed by atoms with van der Waals surface area (Å²) >= 11 is 0. The second-order valence-corrected chi connectivity index (χ2v) is 3.75. The molecule has 0 aliphatic carbocycles. The Hall–Kier alpha value is -1.58. The van der Waals surface area contributed by atoms with E-state index in [0.29, 0.717) is 12.2 Å². The Bertz CT molecular complexity index is 416. The van der Waals surface area contributed by atoms with Gasteiger partial charge in [0.05, 0.1) is 7.11 Å². The van der Waals surface area contributed by atoms with Gasteiger partial charge in [-0.25, -0.2) is 9.18 Å². The van der Waals surface area contributed by atoms with Gasteiger partial charge in [-0.15, -0.1) is 0 Å². The van der Waals surface area contributed by atoms with E-state index in [4.69, 9.17) is 4.74 Å². The predicted molar refractivity (Wildman–Crippen MR) is 51.2 cm³/mol. The number of fused-ring (bicyclic) bond motifs is 1. The fraction of sp³-hybridized carbons (Fsp3) is 0.364. The van der Waals surface area contributed by atoms with Crippen molar-refractivity contribution in [2.45, 2.75) is 18.9 Å². The van der Waals surface area contributed by atoms with E-state index in [1.165, 1.54) is 19.2 Å². The van der Waals surface area contributed by atoms with Crippen LogP contribution in [-0.2, 0) is 16.0 Å². The molecule has 0 N–H and O–H groups in total. The Morgan fingerprint density at radius 2 is 2.33 bits per heavy atom. The molecule has 0 spiro atoms. The summed E-state index contributed by atoms with van der Waals surface area (Å²) in [6.07, 6.45) is 0.412. The van der Waals surface area contributed by atoms with E-state index in [0.717, 1.165) is 5.56 Å². The van der Waals surface area contributed by atoms with Gasteiger partial charge in [-0.1, -0.05) is 6.07 Å². The van der Waals surface area contributed by atoms with Crippen molar-refractivity contribution in [2.75, 3.05) is 7.11 Å². The topological polar surface area (TPSA) is 35.5 Å². The van der Waals surface area contributed by atoms with Gasteiger partial charge in [0.1, 0.15) is 11.6 Å². The largest absolute Gasteiger partial charge is 0.475 e. The first kappa shape index (κ1) is 9.96. The van der Waals surface area contributed by atoms with Crippen LogP contribution in [0.3, 0.4) is 0 Å². The van der Waals surface area contributed by atoms with Crippen LogP contribution in [0.1, 0.15) is 12.5 Å². The molecule has 1 unspecified atom stereocenters. The Morgan fingerprint density at radius 3 is 3.00 bits per heavy atom. The molecular formula is C11H11FO3. The third-order valence-corrected chi connectivity index (χ3v) is 2.51. The summed E-state index contributed by atoms with van der Waals surface area (Å²) in [7, 11) is 1.31. The van der Waals surface area contributed by atoms with Crippen LogP contribution in [0.15, 0.2) is 18.2 Å². The highest BCUT2D eigenvalue weighted by molar-refractivity contribution is 5.81. The van der Waals surface area contributed by atoms with Crippen molar-refractivity contribution in [3.8, 4) is 5.75 Å². The number of carbonyl (C=O) groups is 1. The maximum Gasteiger partial charge on any atom is 0.350 e. The minimum atomic E-state index is -1.02. The number of rotatable bonds is 1. The molecule has 1 aliphatic heterocycles. The standard InChI is InChI=1S/C11H11FO3/c1-11(10(13)14-2)6-7-3-4-8(12)5-9(7)15-11/h3-5H,6H2,1-2H3. The number of benzene rings is 1. The van der Waals surface area contributed by atoms with Gasteiger partial charge in [0.15, 0.2) is 0 Å². The Labute approximate surface area is 86.8 Å². The minimum absolute atomic E-state index is 0.372. The second kappa shape index (κ2) is 3.22. The van der Waals surface area contributed by atoms with E-state index in [1.807, 2.05) is 0 Å². The van der Waals surface area contributed by atoms with Gasteiger partial charge in [-0.05, 0) is 18.6 Å². The van der Waals surface area contributed by atoms with Crippen LogP contribution in [-0.4, -0.2) is 18.7 Å².